The van der Waals surface area contributed by atoms with Crippen molar-refractivity contribution < 1.29 is 24.5 Å². The number of aliphatic hydroxyl groups is 2. The van der Waals surface area contributed by atoms with Crippen LogP contribution in [0.3, 0.4) is 0 Å². The summed E-state index contributed by atoms with van der Waals surface area (Å²) in [6.07, 6.45) is 51.0. The number of nitrogens with one attached hydrogen (secondary N) is 1. The van der Waals surface area contributed by atoms with Gasteiger partial charge < -0.3 is 20.3 Å². The zero-order chi connectivity index (χ0) is 41.7. The summed E-state index contributed by atoms with van der Waals surface area (Å²) < 4.78 is 5.91. The molecule has 0 aliphatic carbocycles. The van der Waals surface area contributed by atoms with Crippen molar-refractivity contribution in [1.82, 2.24) is 5.32 Å². The SMILES string of the molecule is CCCCCCCCC/C=C/C=C/CCCCCCCC(=O)OC(CCCCCCCCCCCC)CC(=O)NC(CO)C(O)CCCCCCCCCCCC. The summed E-state index contributed by atoms with van der Waals surface area (Å²) in [6.45, 7) is 6.46. The predicted octanol–water partition coefficient (Wildman–Crippen LogP) is 14.7. The number of carbonyl (C=O) groups excluding carboxylic acids is 2. The highest BCUT2D eigenvalue weighted by atomic mass is 16.5. The summed E-state index contributed by atoms with van der Waals surface area (Å²) in [5.74, 6) is -0.482. The summed E-state index contributed by atoms with van der Waals surface area (Å²) in [4.78, 5) is 26.0. The van der Waals surface area contributed by atoms with Crippen LogP contribution in [0.1, 0.15) is 265 Å². The first-order valence-electron chi connectivity index (χ1n) is 25.1. The van der Waals surface area contributed by atoms with Gasteiger partial charge in [-0.2, -0.15) is 0 Å². The first-order valence-corrected chi connectivity index (χ1v) is 25.1. The molecule has 336 valence electrons. The van der Waals surface area contributed by atoms with Gasteiger partial charge in [0.25, 0.3) is 0 Å². The van der Waals surface area contributed by atoms with Crippen molar-refractivity contribution in [2.45, 2.75) is 283 Å². The number of amides is 1. The topological polar surface area (TPSA) is 95.9 Å². The van der Waals surface area contributed by atoms with Gasteiger partial charge in [0.1, 0.15) is 6.10 Å². The van der Waals surface area contributed by atoms with E-state index in [1.807, 2.05) is 0 Å². The van der Waals surface area contributed by atoms with E-state index in [0.29, 0.717) is 19.3 Å². The van der Waals surface area contributed by atoms with Gasteiger partial charge in [0.2, 0.25) is 5.91 Å². The van der Waals surface area contributed by atoms with E-state index in [2.05, 4.69) is 50.4 Å². The predicted molar refractivity (Wildman–Crippen MR) is 246 cm³/mol. The van der Waals surface area contributed by atoms with Crippen molar-refractivity contribution in [3.8, 4) is 0 Å². The minimum atomic E-state index is -0.784. The molecule has 0 spiro atoms. The maximum Gasteiger partial charge on any atom is 0.306 e. The second kappa shape index (κ2) is 45.4. The summed E-state index contributed by atoms with van der Waals surface area (Å²) >= 11 is 0. The lowest BCUT2D eigenvalue weighted by Gasteiger charge is -2.24. The highest BCUT2D eigenvalue weighted by Crippen LogP contribution is 2.18. The molecule has 0 aromatic rings. The van der Waals surface area contributed by atoms with E-state index in [1.165, 1.54) is 161 Å². The van der Waals surface area contributed by atoms with Crippen molar-refractivity contribution in [2.75, 3.05) is 6.61 Å². The van der Waals surface area contributed by atoms with Gasteiger partial charge >= 0.3 is 5.97 Å². The fraction of sp³-hybridized carbons (Fsp3) is 0.882. The van der Waals surface area contributed by atoms with E-state index in [0.717, 1.165) is 57.8 Å². The first kappa shape index (κ1) is 55.3. The molecule has 3 atom stereocenters. The molecule has 0 saturated carbocycles. The lowest BCUT2D eigenvalue weighted by molar-refractivity contribution is -0.151. The number of unbranched alkanes of at least 4 members (excludes halogenated alkanes) is 30. The Hall–Kier alpha value is -1.66. The average Bonchev–Trinajstić information content (AvgIpc) is 3.20. The molecule has 0 aromatic heterocycles. The number of aliphatic hydroxyl groups excluding tert-OH is 2. The number of esters is 1. The fourth-order valence-electron chi connectivity index (χ4n) is 7.72. The minimum Gasteiger partial charge on any atom is -0.462 e. The molecule has 57 heavy (non-hydrogen) atoms. The molecule has 0 bridgehead atoms. The van der Waals surface area contributed by atoms with Crippen LogP contribution in [-0.4, -0.2) is 46.9 Å². The van der Waals surface area contributed by atoms with Crippen LogP contribution in [0.2, 0.25) is 0 Å². The Kier molecular flexibility index (Phi) is 44.1. The third-order valence-electron chi connectivity index (χ3n) is 11.6. The van der Waals surface area contributed by atoms with Crippen LogP contribution in [0.15, 0.2) is 24.3 Å². The molecule has 6 heteroatoms. The minimum absolute atomic E-state index is 0.0759. The molecule has 3 unspecified atom stereocenters. The van der Waals surface area contributed by atoms with E-state index in [4.69, 9.17) is 4.74 Å². The highest BCUT2D eigenvalue weighted by Gasteiger charge is 2.24. The van der Waals surface area contributed by atoms with Gasteiger partial charge in [-0.15, -0.1) is 0 Å². The van der Waals surface area contributed by atoms with Crippen molar-refractivity contribution in [2.24, 2.45) is 0 Å². The third-order valence-corrected chi connectivity index (χ3v) is 11.6. The highest BCUT2D eigenvalue weighted by molar-refractivity contribution is 5.77. The molecule has 3 N–H and O–H groups in total. The van der Waals surface area contributed by atoms with E-state index in [9.17, 15) is 19.8 Å². The van der Waals surface area contributed by atoms with Crippen molar-refractivity contribution in [1.29, 1.82) is 0 Å². The van der Waals surface area contributed by atoms with Gasteiger partial charge in [-0.25, -0.2) is 0 Å². The number of allylic oxidation sites excluding steroid dienone is 4. The molecule has 0 rings (SSSR count). The zero-order valence-corrected chi connectivity index (χ0v) is 38.2. The molecule has 0 saturated heterocycles. The van der Waals surface area contributed by atoms with Crippen LogP contribution in [-0.2, 0) is 14.3 Å². The Morgan fingerprint density at radius 3 is 1.30 bits per heavy atom. The van der Waals surface area contributed by atoms with Gasteiger partial charge in [0, 0.05) is 6.42 Å². The van der Waals surface area contributed by atoms with Gasteiger partial charge in [-0.05, 0) is 51.4 Å². The number of hydrogen-bond donors (Lipinski definition) is 3. The molecule has 0 aliphatic heterocycles. The normalized spacial score (nSPS) is 13.4. The van der Waals surface area contributed by atoms with E-state index in [-0.39, 0.29) is 24.9 Å². The molecular weight excluding hydrogens is 707 g/mol. The van der Waals surface area contributed by atoms with Gasteiger partial charge in [-0.1, -0.05) is 225 Å². The Bertz CT molecular complexity index is 904. The van der Waals surface area contributed by atoms with Crippen molar-refractivity contribution >= 4 is 11.9 Å². The number of carbonyl (C=O) groups is 2. The van der Waals surface area contributed by atoms with Gasteiger partial charge in [0.05, 0.1) is 25.2 Å². The fourth-order valence-corrected chi connectivity index (χ4v) is 7.72. The lowest BCUT2D eigenvalue weighted by Crippen LogP contribution is -2.46. The maximum atomic E-state index is 13.1. The van der Waals surface area contributed by atoms with E-state index >= 15 is 0 Å². The van der Waals surface area contributed by atoms with Crippen molar-refractivity contribution in [3.63, 3.8) is 0 Å². The molecule has 1 amide bonds. The van der Waals surface area contributed by atoms with E-state index < -0.39 is 18.2 Å². The van der Waals surface area contributed by atoms with Crippen LogP contribution in [0, 0.1) is 0 Å². The summed E-state index contributed by atoms with van der Waals surface area (Å²) in [6, 6.07) is -0.698. The van der Waals surface area contributed by atoms with Crippen LogP contribution in [0.25, 0.3) is 0 Å². The third kappa shape index (κ3) is 40.9. The standard InChI is InChI=1S/C51H97NO5/c1-4-7-10-13-16-19-22-23-24-25-26-27-28-29-32-35-38-41-44-51(56)57-47(42-39-36-33-30-20-17-14-11-8-5-2)45-50(55)52-48(46-53)49(54)43-40-37-34-31-21-18-15-12-9-6-3/h24-27,47-49,53-54H,4-23,28-46H2,1-3H3,(H,52,55)/b25-24+,27-26+. The lowest BCUT2D eigenvalue weighted by atomic mass is 10.0. The Morgan fingerprint density at radius 2 is 0.877 bits per heavy atom. The number of ether oxygens (including phenoxy) is 1. The van der Waals surface area contributed by atoms with Gasteiger partial charge in [0.15, 0.2) is 0 Å². The second-order valence-electron chi connectivity index (χ2n) is 17.3. The zero-order valence-electron chi connectivity index (χ0n) is 38.2. The van der Waals surface area contributed by atoms with Crippen LogP contribution >= 0.6 is 0 Å². The van der Waals surface area contributed by atoms with E-state index in [1.54, 1.807) is 0 Å². The van der Waals surface area contributed by atoms with Crippen LogP contribution in [0.4, 0.5) is 0 Å². The number of rotatable bonds is 45. The quantitative estimate of drug-likeness (QED) is 0.0324. The molecule has 0 aliphatic rings. The Labute approximate surface area is 354 Å². The molecule has 0 fully saturated rings. The number of hydrogen-bond acceptors (Lipinski definition) is 5. The molecule has 0 radical (unpaired) electrons. The summed E-state index contributed by atoms with van der Waals surface area (Å²) in [7, 11) is 0. The molecule has 0 aromatic carbocycles. The van der Waals surface area contributed by atoms with Gasteiger partial charge in [-0.3, -0.25) is 9.59 Å². The molecule has 6 nitrogen and oxygen atoms in total. The largest absolute Gasteiger partial charge is 0.462 e. The Balaban J connectivity index is 4.50. The van der Waals surface area contributed by atoms with Crippen LogP contribution in [0.5, 0.6) is 0 Å². The monoisotopic (exact) mass is 804 g/mol. The summed E-state index contributed by atoms with van der Waals surface area (Å²) in [5, 5.41) is 23.6. The van der Waals surface area contributed by atoms with Crippen molar-refractivity contribution in [3.05, 3.63) is 24.3 Å². The Morgan fingerprint density at radius 1 is 0.509 bits per heavy atom. The first-order chi connectivity index (χ1) is 28.0. The van der Waals surface area contributed by atoms with Crippen LogP contribution < -0.4 is 5.32 Å². The maximum absolute atomic E-state index is 13.1. The summed E-state index contributed by atoms with van der Waals surface area (Å²) in [5.41, 5.74) is 0. The average molecular weight is 804 g/mol. The smallest absolute Gasteiger partial charge is 0.306 e. The molecular formula is C51H97NO5. The molecule has 0 heterocycles. The second-order valence-corrected chi connectivity index (χ2v) is 17.3.